The summed E-state index contributed by atoms with van der Waals surface area (Å²) in [5.41, 5.74) is 4.68. The van der Waals surface area contributed by atoms with Gasteiger partial charge in [0.1, 0.15) is 11.6 Å². The van der Waals surface area contributed by atoms with Gasteiger partial charge in [-0.1, -0.05) is 6.07 Å². The van der Waals surface area contributed by atoms with Gasteiger partial charge in [0.05, 0.1) is 12.8 Å². The van der Waals surface area contributed by atoms with E-state index in [-0.39, 0.29) is 6.79 Å². The maximum absolute atomic E-state index is 5.46. The number of anilines is 1. The number of nitrogens with zero attached hydrogens (tertiary/aromatic N) is 3. The zero-order chi connectivity index (χ0) is 19.8. The van der Waals surface area contributed by atoms with Gasteiger partial charge in [-0.25, -0.2) is 4.98 Å². The van der Waals surface area contributed by atoms with Crippen molar-refractivity contribution in [2.45, 2.75) is 13.5 Å². The van der Waals surface area contributed by atoms with Crippen LogP contribution in [0, 0.1) is 6.92 Å². The highest BCUT2D eigenvalue weighted by Gasteiger charge is 2.14. The zero-order valence-corrected chi connectivity index (χ0v) is 16.2. The highest BCUT2D eigenvalue weighted by atomic mass is 16.7. The molecule has 146 valence electrons. The van der Waals surface area contributed by atoms with E-state index in [1.807, 2.05) is 66.0 Å². The number of fused-ring (bicyclic) bond motifs is 2. The van der Waals surface area contributed by atoms with Crippen LogP contribution in [0.2, 0.25) is 0 Å². The van der Waals surface area contributed by atoms with Crippen LogP contribution < -0.4 is 19.5 Å². The minimum atomic E-state index is 0.276. The van der Waals surface area contributed by atoms with Crippen molar-refractivity contribution in [3.8, 4) is 28.5 Å². The molecule has 0 saturated carbocycles. The van der Waals surface area contributed by atoms with Crippen molar-refractivity contribution in [3.63, 3.8) is 0 Å². The molecular weight excluding hydrogens is 368 g/mol. The number of hydrogen-bond acceptors (Lipinski definition) is 6. The SMILES string of the molecule is COc1ccc(-c2cc3nc(C)cc(NCc4ccc5c(c4)OCO5)n3n2)cc1. The van der Waals surface area contributed by atoms with Crippen LogP contribution in [0.5, 0.6) is 17.2 Å². The van der Waals surface area contributed by atoms with E-state index in [1.54, 1.807) is 7.11 Å². The number of benzene rings is 2. The number of hydrogen-bond donors (Lipinski definition) is 1. The van der Waals surface area contributed by atoms with Crippen molar-refractivity contribution in [1.82, 2.24) is 14.6 Å². The Labute approximate surface area is 167 Å². The van der Waals surface area contributed by atoms with Gasteiger partial charge in [-0.3, -0.25) is 0 Å². The van der Waals surface area contributed by atoms with E-state index in [0.717, 1.165) is 51.2 Å². The molecule has 0 amide bonds. The molecular formula is C22H20N4O3. The van der Waals surface area contributed by atoms with Gasteiger partial charge in [-0.2, -0.15) is 9.61 Å². The lowest BCUT2D eigenvalue weighted by Crippen LogP contribution is -2.06. The molecule has 2 aromatic heterocycles. The molecule has 0 saturated heterocycles. The molecule has 1 aliphatic heterocycles. The van der Waals surface area contributed by atoms with Gasteiger partial charge in [0, 0.05) is 29.9 Å². The van der Waals surface area contributed by atoms with Crippen molar-refractivity contribution in [1.29, 1.82) is 0 Å². The molecule has 7 heteroatoms. The molecule has 3 heterocycles. The maximum atomic E-state index is 5.46. The highest BCUT2D eigenvalue weighted by Crippen LogP contribution is 2.32. The van der Waals surface area contributed by atoms with Gasteiger partial charge in [-0.05, 0) is 48.9 Å². The van der Waals surface area contributed by atoms with Crippen LogP contribution in [0.25, 0.3) is 16.9 Å². The number of methoxy groups -OCH3 is 1. The van der Waals surface area contributed by atoms with Crippen LogP contribution >= 0.6 is 0 Å². The summed E-state index contributed by atoms with van der Waals surface area (Å²) in [7, 11) is 1.66. The molecule has 5 rings (SSSR count). The quantitative estimate of drug-likeness (QED) is 0.556. The van der Waals surface area contributed by atoms with E-state index in [1.165, 1.54) is 0 Å². The first kappa shape index (κ1) is 17.4. The van der Waals surface area contributed by atoms with Crippen LogP contribution in [0.3, 0.4) is 0 Å². The number of rotatable bonds is 5. The Kier molecular flexibility index (Phi) is 4.20. The zero-order valence-electron chi connectivity index (χ0n) is 16.2. The fourth-order valence-electron chi connectivity index (χ4n) is 3.37. The lowest BCUT2D eigenvalue weighted by atomic mass is 10.1. The molecule has 29 heavy (non-hydrogen) atoms. The van der Waals surface area contributed by atoms with Gasteiger partial charge in [0.2, 0.25) is 6.79 Å². The van der Waals surface area contributed by atoms with E-state index >= 15 is 0 Å². The van der Waals surface area contributed by atoms with E-state index in [4.69, 9.17) is 19.3 Å². The third-order valence-corrected chi connectivity index (χ3v) is 4.85. The van der Waals surface area contributed by atoms with Crippen LogP contribution in [0.1, 0.15) is 11.3 Å². The van der Waals surface area contributed by atoms with Crippen LogP contribution in [-0.2, 0) is 6.54 Å². The molecule has 1 aliphatic rings. The fraction of sp³-hybridized carbons (Fsp3) is 0.182. The lowest BCUT2D eigenvalue weighted by molar-refractivity contribution is 0.174. The number of aryl methyl sites for hydroxylation is 1. The van der Waals surface area contributed by atoms with E-state index < -0.39 is 0 Å². The molecule has 0 fully saturated rings. The number of aromatic nitrogens is 3. The Morgan fingerprint density at radius 2 is 1.86 bits per heavy atom. The minimum absolute atomic E-state index is 0.276. The first-order chi connectivity index (χ1) is 14.2. The van der Waals surface area contributed by atoms with Crippen molar-refractivity contribution >= 4 is 11.5 Å². The second kappa shape index (κ2) is 7.01. The van der Waals surface area contributed by atoms with Gasteiger partial charge in [0.15, 0.2) is 17.1 Å². The Balaban J connectivity index is 1.44. The summed E-state index contributed by atoms with van der Waals surface area (Å²) >= 11 is 0. The normalized spacial score (nSPS) is 12.3. The molecule has 2 aromatic carbocycles. The molecule has 1 N–H and O–H groups in total. The summed E-state index contributed by atoms with van der Waals surface area (Å²) < 4.78 is 17.9. The van der Waals surface area contributed by atoms with Crippen molar-refractivity contribution in [2.24, 2.45) is 0 Å². The molecule has 0 aliphatic carbocycles. The van der Waals surface area contributed by atoms with E-state index in [0.29, 0.717) is 6.54 Å². The predicted octanol–water partition coefficient (Wildman–Crippen LogP) is 4.05. The average Bonchev–Trinajstić information content (AvgIpc) is 3.38. The highest BCUT2D eigenvalue weighted by molar-refractivity contribution is 5.66. The summed E-state index contributed by atoms with van der Waals surface area (Å²) in [4.78, 5) is 4.62. The Hall–Kier alpha value is -3.74. The molecule has 0 unspecified atom stereocenters. The summed E-state index contributed by atoms with van der Waals surface area (Å²) in [6.07, 6.45) is 0. The predicted molar refractivity (Wildman–Crippen MR) is 110 cm³/mol. The summed E-state index contributed by atoms with van der Waals surface area (Å²) in [6.45, 7) is 2.89. The monoisotopic (exact) mass is 388 g/mol. The van der Waals surface area contributed by atoms with Gasteiger partial charge >= 0.3 is 0 Å². The molecule has 4 aromatic rings. The van der Waals surface area contributed by atoms with Gasteiger partial charge in [-0.15, -0.1) is 0 Å². The molecule has 0 atom stereocenters. The van der Waals surface area contributed by atoms with Crippen LogP contribution in [0.15, 0.2) is 54.6 Å². The smallest absolute Gasteiger partial charge is 0.231 e. The molecule has 0 bridgehead atoms. The third kappa shape index (κ3) is 3.31. The number of ether oxygens (including phenoxy) is 3. The largest absolute Gasteiger partial charge is 0.497 e. The second-order valence-corrected chi connectivity index (χ2v) is 6.85. The fourth-order valence-corrected chi connectivity index (χ4v) is 3.37. The van der Waals surface area contributed by atoms with Gasteiger partial charge < -0.3 is 19.5 Å². The maximum Gasteiger partial charge on any atom is 0.231 e. The van der Waals surface area contributed by atoms with Gasteiger partial charge in [0.25, 0.3) is 0 Å². The van der Waals surface area contributed by atoms with E-state index in [2.05, 4.69) is 10.3 Å². The minimum Gasteiger partial charge on any atom is -0.497 e. The van der Waals surface area contributed by atoms with Crippen molar-refractivity contribution in [2.75, 3.05) is 19.2 Å². The van der Waals surface area contributed by atoms with Crippen molar-refractivity contribution < 1.29 is 14.2 Å². The molecule has 0 spiro atoms. The summed E-state index contributed by atoms with van der Waals surface area (Å²) in [6, 6.07) is 17.8. The van der Waals surface area contributed by atoms with Crippen LogP contribution in [-0.4, -0.2) is 28.5 Å². The lowest BCUT2D eigenvalue weighted by Gasteiger charge is -2.10. The Morgan fingerprint density at radius 3 is 2.69 bits per heavy atom. The average molecular weight is 388 g/mol. The summed E-state index contributed by atoms with van der Waals surface area (Å²) in [5.74, 6) is 3.26. The number of nitrogens with one attached hydrogen (secondary N) is 1. The Morgan fingerprint density at radius 1 is 1.03 bits per heavy atom. The second-order valence-electron chi connectivity index (χ2n) is 6.85. The van der Waals surface area contributed by atoms with E-state index in [9.17, 15) is 0 Å². The molecule has 7 nitrogen and oxygen atoms in total. The first-order valence-electron chi connectivity index (χ1n) is 9.34. The summed E-state index contributed by atoms with van der Waals surface area (Å²) in [5, 5.41) is 8.22. The topological polar surface area (TPSA) is 69.9 Å². The third-order valence-electron chi connectivity index (χ3n) is 4.85. The van der Waals surface area contributed by atoms with Crippen LogP contribution in [0.4, 0.5) is 5.82 Å². The van der Waals surface area contributed by atoms with Crippen molar-refractivity contribution in [3.05, 3.63) is 65.9 Å². The first-order valence-corrected chi connectivity index (χ1v) is 9.34. The standard InChI is InChI=1S/C22H20N4O3/c1-14-9-21(23-12-15-3-8-19-20(10-15)29-13-28-19)26-22(24-14)11-18(25-26)16-4-6-17(27-2)7-5-16/h3-11,23H,12-13H2,1-2H3. The molecule has 0 radical (unpaired) electrons. The Bertz CT molecular complexity index is 1180.